The predicted molar refractivity (Wildman–Crippen MR) is 91.3 cm³/mol. The molecule has 0 bridgehead atoms. The summed E-state index contributed by atoms with van der Waals surface area (Å²) in [6.45, 7) is 0. The van der Waals surface area contributed by atoms with Crippen LogP contribution in [0.4, 0.5) is 0 Å². The lowest BCUT2D eigenvalue weighted by atomic mass is 9.88. The highest BCUT2D eigenvalue weighted by molar-refractivity contribution is 6.08. The SMILES string of the molecule is [N-]=[N+]=NC1CCCC(n2c3ccccc3c3ccccc32)[C@@H]1O. The second kappa shape index (κ2) is 5.61. The maximum Gasteiger partial charge on any atom is 0.0832 e. The quantitative estimate of drug-likeness (QED) is 0.420. The number of hydrogen-bond acceptors (Lipinski definition) is 2. The van der Waals surface area contributed by atoms with E-state index in [2.05, 4.69) is 38.9 Å². The van der Waals surface area contributed by atoms with Crippen molar-refractivity contribution in [3.8, 4) is 0 Å². The van der Waals surface area contributed by atoms with Crippen LogP contribution in [0.2, 0.25) is 0 Å². The van der Waals surface area contributed by atoms with Crippen molar-refractivity contribution in [1.29, 1.82) is 0 Å². The van der Waals surface area contributed by atoms with Gasteiger partial charge in [0.05, 0.1) is 18.2 Å². The van der Waals surface area contributed by atoms with Crippen LogP contribution >= 0.6 is 0 Å². The Bertz CT molecular complexity index is 856. The van der Waals surface area contributed by atoms with Gasteiger partial charge in [0.1, 0.15) is 0 Å². The molecule has 116 valence electrons. The fraction of sp³-hybridized carbons (Fsp3) is 0.333. The molecule has 1 aliphatic rings. The zero-order valence-electron chi connectivity index (χ0n) is 12.7. The van der Waals surface area contributed by atoms with Crippen molar-refractivity contribution in [2.24, 2.45) is 5.11 Å². The lowest BCUT2D eigenvalue weighted by Crippen LogP contribution is -2.37. The zero-order chi connectivity index (χ0) is 15.8. The monoisotopic (exact) mass is 306 g/mol. The fourth-order valence-corrected chi connectivity index (χ4v) is 3.92. The molecule has 3 aromatic rings. The first kappa shape index (κ1) is 14.1. The highest BCUT2D eigenvalue weighted by Gasteiger charge is 2.33. The van der Waals surface area contributed by atoms with Crippen LogP contribution in [0.1, 0.15) is 25.3 Å². The summed E-state index contributed by atoms with van der Waals surface area (Å²) in [6, 6.07) is 16.2. The molecule has 1 saturated carbocycles. The normalized spacial score (nSPS) is 24.7. The van der Waals surface area contributed by atoms with Crippen molar-refractivity contribution in [2.45, 2.75) is 37.5 Å². The Balaban J connectivity index is 1.94. The van der Waals surface area contributed by atoms with E-state index in [1.165, 1.54) is 10.8 Å². The number of para-hydroxylation sites is 2. The predicted octanol–water partition coefficient (Wildman–Crippen LogP) is 4.56. The number of aliphatic hydroxyl groups is 1. The van der Waals surface area contributed by atoms with Gasteiger partial charge >= 0.3 is 0 Å². The second-order valence-electron chi connectivity index (χ2n) is 6.17. The van der Waals surface area contributed by atoms with Crippen LogP contribution in [0.3, 0.4) is 0 Å². The van der Waals surface area contributed by atoms with Crippen molar-refractivity contribution in [3.05, 3.63) is 59.0 Å². The molecule has 3 atom stereocenters. The van der Waals surface area contributed by atoms with E-state index in [1.807, 2.05) is 24.3 Å². The summed E-state index contributed by atoms with van der Waals surface area (Å²) in [5, 5.41) is 17.0. The van der Waals surface area contributed by atoms with E-state index in [4.69, 9.17) is 5.53 Å². The number of aliphatic hydroxyl groups excluding tert-OH is 1. The summed E-state index contributed by atoms with van der Waals surface area (Å²) in [4.78, 5) is 2.91. The summed E-state index contributed by atoms with van der Waals surface area (Å²) >= 11 is 0. The third kappa shape index (κ3) is 2.17. The third-order valence-corrected chi connectivity index (χ3v) is 4.94. The molecule has 1 fully saturated rings. The standard InChI is InChI=1S/C18H18N4O/c19-21-20-14-8-5-11-17(18(14)23)22-15-9-3-1-6-12(15)13-7-2-4-10-16(13)22/h1-4,6-7,9-10,14,17-18,23H,5,8,11H2/t14?,17?,18-/m1/s1. The number of hydrogen-bond donors (Lipinski definition) is 1. The van der Waals surface area contributed by atoms with E-state index in [9.17, 15) is 5.11 Å². The largest absolute Gasteiger partial charge is 0.391 e. The van der Waals surface area contributed by atoms with Gasteiger partial charge in [0.2, 0.25) is 0 Å². The minimum Gasteiger partial charge on any atom is -0.391 e. The maximum absolute atomic E-state index is 10.8. The van der Waals surface area contributed by atoms with Gasteiger partial charge in [-0.25, -0.2) is 0 Å². The van der Waals surface area contributed by atoms with Crippen molar-refractivity contribution in [2.75, 3.05) is 0 Å². The summed E-state index contributed by atoms with van der Waals surface area (Å²) in [5.74, 6) is 0. The molecule has 1 N–H and O–H groups in total. The number of azide groups is 1. The van der Waals surface area contributed by atoms with Gasteiger partial charge in [-0.05, 0) is 30.5 Å². The van der Waals surface area contributed by atoms with Crippen LogP contribution in [0, 0.1) is 0 Å². The molecule has 2 aromatic carbocycles. The Hall–Kier alpha value is -2.49. The number of rotatable bonds is 2. The first-order valence-electron chi connectivity index (χ1n) is 8.01. The maximum atomic E-state index is 10.8. The van der Waals surface area contributed by atoms with Crippen LogP contribution in [-0.2, 0) is 0 Å². The van der Waals surface area contributed by atoms with Crippen LogP contribution in [0.25, 0.3) is 32.2 Å². The number of benzene rings is 2. The van der Waals surface area contributed by atoms with E-state index in [0.717, 1.165) is 30.3 Å². The minimum absolute atomic E-state index is 0.0657. The van der Waals surface area contributed by atoms with E-state index in [0.29, 0.717) is 0 Å². The summed E-state index contributed by atoms with van der Waals surface area (Å²) in [7, 11) is 0. The molecule has 5 nitrogen and oxygen atoms in total. The molecule has 0 spiro atoms. The molecular formula is C18H18N4O. The van der Waals surface area contributed by atoms with Gasteiger partial charge in [0, 0.05) is 26.7 Å². The summed E-state index contributed by atoms with van der Waals surface area (Å²) < 4.78 is 2.23. The minimum atomic E-state index is -0.654. The first-order valence-corrected chi connectivity index (χ1v) is 8.01. The number of nitrogens with zero attached hydrogens (tertiary/aromatic N) is 4. The molecule has 0 amide bonds. The second-order valence-corrected chi connectivity index (χ2v) is 6.17. The van der Waals surface area contributed by atoms with Crippen LogP contribution < -0.4 is 0 Å². The van der Waals surface area contributed by atoms with Gasteiger partial charge < -0.3 is 9.67 Å². The van der Waals surface area contributed by atoms with Gasteiger partial charge in [0.15, 0.2) is 0 Å². The molecule has 4 rings (SSSR count). The average molecular weight is 306 g/mol. The molecule has 23 heavy (non-hydrogen) atoms. The van der Waals surface area contributed by atoms with Crippen LogP contribution in [-0.4, -0.2) is 21.8 Å². The van der Waals surface area contributed by atoms with Crippen LogP contribution in [0.15, 0.2) is 53.6 Å². The van der Waals surface area contributed by atoms with E-state index >= 15 is 0 Å². The smallest absolute Gasteiger partial charge is 0.0832 e. The highest BCUT2D eigenvalue weighted by atomic mass is 16.3. The first-order chi connectivity index (χ1) is 11.3. The van der Waals surface area contributed by atoms with E-state index < -0.39 is 6.10 Å². The lowest BCUT2D eigenvalue weighted by molar-refractivity contribution is 0.0608. The van der Waals surface area contributed by atoms with E-state index in [1.54, 1.807) is 0 Å². The zero-order valence-corrected chi connectivity index (χ0v) is 12.7. The highest BCUT2D eigenvalue weighted by Crippen LogP contribution is 2.38. The van der Waals surface area contributed by atoms with Gasteiger partial charge in [-0.3, -0.25) is 0 Å². The summed E-state index contributed by atoms with van der Waals surface area (Å²) in [5.41, 5.74) is 11.0. The molecule has 0 aliphatic heterocycles. The Morgan fingerprint density at radius 3 is 2.22 bits per heavy atom. The third-order valence-electron chi connectivity index (χ3n) is 4.94. The molecule has 1 heterocycles. The van der Waals surface area contributed by atoms with Crippen LogP contribution in [0.5, 0.6) is 0 Å². The molecule has 5 heteroatoms. The molecule has 2 unspecified atom stereocenters. The molecular weight excluding hydrogens is 288 g/mol. The van der Waals surface area contributed by atoms with E-state index in [-0.39, 0.29) is 12.1 Å². The van der Waals surface area contributed by atoms with Crippen molar-refractivity contribution < 1.29 is 5.11 Å². The van der Waals surface area contributed by atoms with Gasteiger partial charge in [-0.1, -0.05) is 47.9 Å². The summed E-state index contributed by atoms with van der Waals surface area (Å²) in [6.07, 6.45) is 1.94. The van der Waals surface area contributed by atoms with Gasteiger partial charge in [-0.2, -0.15) is 0 Å². The molecule has 0 radical (unpaired) electrons. The lowest BCUT2D eigenvalue weighted by Gasteiger charge is -2.34. The molecule has 1 aromatic heterocycles. The van der Waals surface area contributed by atoms with Crippen molar-refractivity contribution in [3.63, 3.8) is 0 Å². The molecule has 1 aliphatic carbocycles. The Morgan fingerprint density at radius 1 is 1.00 bits per heavy atom. The van der Waals surface area contributed by atoms with Gasteiger partial charge in [-0.15, -0.1) is 0 Å². The van der Waals surface area contributed by atoms with Crippen molar-refractivity contribution in [1.82, 2.24) is 4.57 Å². The van der Waals surface area contributed by atoms with Gasteiger partial charge in [0.25, 0.3) is 0 Å². The Morgan fingerprint density at radius 2 is 1.61 bits per heavy atom. The number of aromatic nitrogens is 1. The fourth-order valence-electron chi connectivity index (χ4n) is 3.92. The Labute approximate surface area is 133 Å². The average Bonchev–Trinajstić information content (AvgIpc) is 2.92. The molecule has 0 saturated heterocycles. The Kier molecular flexibility index (Phi) is 3.45. The topological polar surface area (TPSA) is 73.9 Å². The number of fused-ring (bicyclic) bond motifs is 3. The van der Waals surface area contributed by atoms with Crippen molar-refractivity contribution >= 4 is 21.8 Å².